The summed E-state index contributed by atoms with van der Waals surface area (Å²) in [7, 11) is 0. The molecule has 0 aromatic heterocycles. The fourth-order valence-corrected chi connectivity index (χ4v) is 2.27. The van der Waals surface area contributed by atoms with Gasteiger partial charge in [-0.3, -0.25) is 0 Å². The van der Waals surface area contributed by atoms with Crippen LogP contribution < -0.4 is 11.1 Å². The van der Waals surface area contributed by atoms with E-state index in [9.17, 15) is 0 Å². The standard InChI is InChI=1S/C16H19BrN2/c1-11-3-4-13(9-12(11)2)16(10-18)19-15-7-5-14(17)6-8-15/h3-9,16,19H,10,18H2,1-2H3. The Morgan fingerprint density at radius 1 is 1.05 bits per heavy atom. The molecule has 0 aliphatic carbocycles. The first-order chi connectivity index (χ1) is 9.10. The van der Waals surface area contributed by atoms with Crippen LogP contribution in [0.5, 0.6) is 0 Å². The summed E-state index contributed by atoms with van der Waals surface area (Å²) in [4.78, 5) is 0. The molecule has 1 unspecified atom stereocenters. The molecule has 3 heteroatoms. The van der Waals surface area contributed by atoms with Crippen molar-refractivity contribution < 1.29 is 0 Å². The van der Waals surface area contributed by atoms with E-state index in [1.165, 1.54) is 16.7 Å². The molecule has 0 radical (unpaired) electrons. The molecule has 0 bridgehead atoms. The second-order valence-electron chi connectivity index (χ2n) is 4.78. The molecule has 0 heterocycles. The topological polar surface area (TPSA) is 38.0 Å². The van der Waals surface area contributed by atoms with Crippen molar-refractivity contribution in [2.75, 3.05) is 11.9 Å². The minimum atomic E-state index is 0.139. The predicted octanol–water partition coefficient (Wildman–Crippen LogP) is 4.18. The Kier molecular flexibility index (Phi) is 4.61. The fourth-order valence-electron chi connectivity index (χ4n) is 2.01. The maximum absolute atomic E-state index is 5.90. The number of hydrogen-bond donors (Lipinski definition) is 2. The fraction of sp³-hybridized carbons (Fsp3) is 0.250. The molecule has 100 valence electrons. The molecule has 19 heavy (non-hydrogen) atoms. The largest absolute Gasteiger partial charge is 0.377 e. The summed E-state index contributed by atoms with van der Waals surface area (Å²) in [6.07, 6.45) is 0. The third-order valence-corrected chi connectivity index (χ3v) is 3.88. The second-order valence-corrected chi connectivity index (χ2v) is 5.70. The molecular weight excluding hydrogens is 300 g/mol. The Morgan fingerprint density at radius 2 is 1.74 bits per heavy atom. The molecule has 2 aromatic carbocycles. The number of hydrogen-bond acceptors (Lipinski definition) is 2. The highest BCUT2D eigenvalue weighted by atomic mass is 79.9. The van der Waals surface area contributed by atoms with E-state index in [-0.39, 0.29) is 6.04 Å². The highest BCUT2D eigenvalue weighted by Gasteiger charge is 2.10. The Balaban J connectivity index is 2.19. The minimum Gasteiger partial charge on any atom is -0.377 e. The van der Waals surface area contributed by atoms with E-state index in [1.807, 2.05) is 24.3 Å². The summed E-state index contributed by atoms with van der Waals surface area (Å²) in [6.45, 7) is 4.82. The highest BCUT2D eigenvalue weighted by molar-refractivity contribution is 9.10. The zero-order valence-electron chi connectivity index (χ0n) is 11.3. The lowest BCUT2D eigenvalue weighted by Crippen LogP contribution is -2.20. The molecule has 2 rings (SSSR count). The first-order valence-electron chi connectivity index (χ1n) is 6.39. The van der Waals surface area contributed by atoms with Gasteiger partial charge in [-0.05, 0) is 54.8 Å². The van der Waals surface area contributed by atoms with Crippen molar-refractivity contribution in [3.05, 3.63) is 63.6 Å². The molecule has 0 aliphatic heterocycles. The van der Waals surface area contributed by atoms with Crippen molar-refractivity contribution in [1.82, 2.24) is 0 Å². The molecular formula is C16H19BrN2. The summed E-state index contributed by atoms with van der Waals surface area (Å²) in [5.41, 5.74) is 10.8. The molecule has 2 nitrogen and oxygen atoms in total. The number of halogens is 1. The van der Waals surface area contributed by atoms with Gasteiger partial charge in [0.2, 0.25) is 0 Å². The van der Waals surface area contributed by atoms with Gasteiger partial charge in [-0.2, -0.15) is 0 Å². The molecule has 0 amide bonds. The number of nitrogens with two attached hydrogens (primary N) is 1. The van der Waals surface area contributed by atoms with Crippen LogP contribution in [0.2, 0.25) is 0 Å². The maximum atomic E-state index is 5.90. The van der Waals surface area contributed by atoms with Crippen LogP contribution in [0.3, 0.4) is 0 Å². The van der Waals surface area contributed by atoms with Crippen LogP contribution in [0, 0.1) is 13.8 Å². The van der Waals surface area contributed by atoms with Crippen LogP contribution >= 0.6 is 15.9 Å². The first-order valence-corrected chi connectivity index (χ1v) is 7.19. The van der Waals surface area contributed by atoms with Crippen molar-refractivity contribution in [3.8, 4) is 0 Å². The smallest absolute Gasteiger partial charge is 0.0636 e. The first kappa shape index (κ1) is 14.1. The van der Waals surface area contributed by atoms with Crippen molar-refractivity contribution in [2.45, 2.75) is 19.9 Å². The van der Waals surface area contributed by atoms with Crippen LogP contribution in [0.4, 0.5) is 5.69 Å². The van der Waals surface area contributed by atoms with E-state index in [2.05, 4.69) is 53.3 Å². The van der Waals surface area contributed by atoms with Gasteiger partial charge in [0.1, 0.15) is 0 Å². The van der Waals surface area contributed by atoms with Gasteiger partial charge in [0.05, 0.1) is 6.04 Å². The normalized spacial score (nSPS) is 12.2. The van der Waals surface area contributed by atoms with Crippen LogP contribution in [-0.4, -0.2) is 6.54 Å². The van der Waals surface area contributed by atoms with Gasteiger partial charge >= 0.3 is 0 Å². The minimum absolute atomic E-state index is 0.139. The van der Waals surface area contributed by atoms with Crippen LogP contribution in [0.1, 0.15) is 22.7 Å². The zero-order valence-corrected chi connectivity index (χ0v) is 12.9. The van der Waals surface area contributed by atoms with E-state index >= 15 is 0 Å². The van der Waals surface area contributed by atoms with Gasteiger partial charge in [0.15, 0.2) is 0 Å². The van der Waals surface area contributed by atoms with Crippen LogP contribution in [0.15, 0.2) is 46.9 Å². The maximum Gasteiger partial charge on any atom is 0.0636 e. The van der Waals surface area contributed by atoms with Crippen molar-refractivity contribution in [2.24, 2.45) is 5.73 Å². The molecule has 0 saturated heterocycles. The Hall–Kier alpha value is -1.32. The Bertz CT molecular complexity index is 549. The number of rotatable bonds is 4. The van der Waals surface area contributed by atoms with E-state index in [4.69, 9.17) is 5.73 Å². The van der Waals surface area contributed by atoms with Gasteiger partial charge in [-0.1, -0.05) is 34.1 Å². The summed E-state index contributed by atoms with van der Waals surface area (Å²) < 4.78 is 1.08. The predicted molar refractivity (Wildman–Crippen MR) is 85.5 cm³/mol. The van der Waals surface area contributed by atoms with Gasteiger partial charge in [-0.15, -0.1) is 0 Å². The van der Waals surface area contributed by atoms with E-state index in [0.29, 0.717) is 6.54 Å². The summed E-state index contributed by atoms with van der Waals surface area (Å²) in [5.74, 6) is 0. The molecule has 3 N–H and O–H groups in total. The summed E-state index contributed by atoms with van der Waals surface area (Å²) in [5, 5.41) is 3.47. The Labute approximate surface area is 123 Å². The Morgan fingerprint density at radius 3 is 2.32 bits per heavy atom. The second kappa shape index (κ2) is 6.22. The monoisotopic (exact) mass is 318 g/mol. The number of nitrogens with one attached hydrogen (secondary N) is 1. The van der Waals surface area contributed by atoms with E-state index in [0.717, 1.165) is 10.2 Å². The lowest BCUT2D eigenvalue weighted by Gasteiger charge is -2.19. The molecule has 0 saturated carbocycles. The molecule has 0 aliphatic rings. The van der Waals surface area contributed by atoms with Crippen molar-refractivity contribution in [3.63, 3.8) is 0 Å². The molecule has 2 aromatic rings. The van der Waals surface area contributed by atoms with Gasteiger partial charge < -0.3 is 11.1 Å². The number of anilines is 1. The van der Waals surface area contributed by atoms with Gasteiger partial charge in [-0.25, -0.2) is 0 Å². The molecule has 0 spiro atoms. The highest BCUT2D eigenvalue weighted by Crippen LogP contribution is 2.22. The average Bonchev–Trinajstić information content (AvgIpc) is 2.41. The van der Waals surface area contributed by atoms with Gasteiger partial charge in [0, 0.05) is 16.7 Å². The number of benzene rings is 2. The third-order valence-electron chi connectivity index (χ3n) is 3.35. The van der Waals surface area contributed by atoms with E-state index in [1.54, 1.807) is 0 Å². The zero-order chi connectivity index (χ0) is 13.8. The van der Waals surface area contributed by atoms with Crippen LogP contribution in [-0.2, 0) is 0 Å². The lowest BCUT2D eigenvalue weighted by atomic mass is 10.0. The molecule has 0 fully saturated rings. The van der Waals surface area contributed by atoms with Crippen molar-refractivity contribution >= 4 is 21.6 Å². The number of aryl methyl sites for hydroxylation is 2. The average molecular weight is 319 g/mol. The molecule has 1 atom stereocenters. The summed E-state index contributed by atoms with van der Waals surface area (Å²) in [6, 6.07) is 14.8. The quantitative estimate of drug-likeness (QED) is 0.887. The third kappa shape index (κ3) is 3.58. The van der Waals surface area contributed by atoms with Crippen molar-refractivity contribution in [1.29, 1.82) is 0 Å². The SMILES string of the molecule is Cc1ccc(C(CN)Nc2ccc(Br)cc2)cc1C. The van der Waals surface area contributed by atoms with E-state index < -0.39 is 0 Å². The van der Waals surface area contributed by atoms with Gasteiger partial charge in [0.25, 0.3) is 0 Å². The van der Waals surface area contributed by atoms with Crippen LogP contribution in [0.25, 0.3) is 0 Å². The lowest BCUT2D eigenvalue weighted by molar-refractivity contribution is 0.788. The summed E-state index contributed by atoms with van der Waals surface area (Å²) >= 11 is 3.44.